The van der Waals surface area contributed by atoms with E-state index in [1.165, 1.54) is 0 Å². The molecule has 0 heterocycles. The van der Waals surface area contributed by atoms with E-state index in [0.29, 0.717) is 0 Å². The van der Waals surface area contributed by atoms with Crippen molar-refractivity contribution in [3.63, 3.8) is 0 Å². The molecule has 1 rings (SSSR count). The molecule has 14 heavy (non-hydrogen) atoms. The third kappa shape index (κ3) is 5.25. The van der Waals surface area contributed by atoms with Crippen molar-refractivity contribution in [2.24, 2.45) is 0 Å². The fourth-order valence-electron chi connectivity index (χ4n) is 1.10. The van der Waals surface area contributed by atoms with E-state index >= 15 is 0 Å². The Hall–Kier alpha value is -0.540. The number of hydrogen-bond acceptors (Lipinski definition) is 2. The number of rotatable bonds is 7. The molecule has 78 valence electrons. The van der Waals surface area contributed by atoms with E-state index in [-0.39, 0.29) is 0 Å². The third-order valence-corrected chi connectivity index (χ3v) is 2.18. The molecular formula is C11H16BrNO. The molecule has 0 bridgehead atoms. The molecule has 0 saturated heterocycles. The van der Waals surface area contributed by atoms with Crippen molar-refractivity contribution >= 4 is 15.9 Å². The molecule has 0 aliphatic heterocycles. The van der Waals surface area contributed by atoms with Gasteiger partial charge in [-0.25, -0.2) is 0 Å². The van der Waals surface area contributed by atoms with Crippen molar-refractivity contribution in [1.29, 1.82) is 0 Å². The minimum absolute atomic E-state index is 0.777. The first-order chi connectivity index (χ1) is 6.93. The van der Waals surface area contributed by atoms with E-state index < -0.39 is 0 Å². The smallest absolute Gasteiger partial charge is 0.119 e. The number of benzene rings is 1. The highest BCUT2D eigenvalue weighted by molar-refractivity contribution is 9.09. The summed E-state index contributed by atoms with van der Waals surface area (Å²) in [5, 5.41) is 4.30. The van der Waals surface area contributed by atoms with Gasteiger partial charge in [0.05, 0.1) is 6.61 Å². The van der Waals surface area contributed by atoms with Crippen LogP contribution in [-0.2, 0) is 0 Å². The molecule has 3 heteroatoms. The van der Waals surface area contributed by atoms with E-state index in [1.54, 1.807) is 0 Å². The molecule has 0 radical (unpaired) electrons. The van der Waals surface area contributed by atoms with Crippen LogP contribution in [0.1, 0.15) is 6.42 Å². The van der Waals surface area contributed by atoms with Crippen molar-refractivity contribution in [3.8, 4) is 5.75 Å². The quantitative estimate of drug-likeness (QED) is 0.599. The lowest BCUT2D eigenvalue weighted by atomic mass is 10.3. The van der Waals surface area contributed by atoms with Crippen LogP contribution in [0.5, 0.6) is 5.75 Å². The molecule has 1 N–H and O–H groups in total. The van der Waals surface area contributed by atoms with Gasteiger partial charge in [-0.05, 0) is 25.1 Å². The summed E-state index contributed by atoms with van der Waals surface area (Å²) in [6.45, 7) is 2.81. The molecule has 0 spiro atoms. The van der Waals surface area contributed by atoms with Crippen molar-refractivity contribution in [2.45, 2.75) is 6.42 Å². The molecule has 0 atom stereocenters. The van der Waals surface area contributed by atoms with Crippen LogP contribution in [0.3, 0.4) is 0 Å². The van der Waals surface area contributed by atoms with Crippen LogP contribution in [0.25, 0.3) is 0 Å². The predicted molar refractivity (Wildman–Crippen MR) is 63.2 cm³/mol. The minimum Gasteiger partial charge on any atom is -0.494 e. The maximum Gasteiger partial charge on any atom is 0.119 e. The monoisotopic (exact) mass is 257 g/mol. The van der Waals surface area contributed by atoms with Gasteiger partial charge in [-0.3, -0.25) is 0 Å². The van der Waals surface area contributed by atoms with Crippen LogP contribution in [0.15, 0.2) is 30.3 Å². The molecule has 0 amide bonds. The van der Waals surface area contributed by atoms with E-state index in [1.807, 2.05) is 30.3 Å². The van der Waals surface area contributed by atoms with Crippen molar-refractivity contribution in [1.82, 2.24) is 5.32 Å². The molecule has 0 aliphatic rings. The standard InChI is InChI=1S/C11H16BrNO/c12-7-9-13-8-4-10-14-11-5-2-1-3-6-11/h1-3,5-6,13H,4,7-10H2. The van der Waals surface area contributed by atoms with Crippen molar-refractivity contribution in [3.05, 3.63) is 30.3 Å². The first-order valence-corrected chi connectivity index (χ1v) is 6.00. The van der Waals surface area contributed by atoms with Gasteiger partial charge in [0.1, 0.15) is 5.75 Å². The van der Waals surface area contributed by atoms with Crippen molar-refractivity contribution in [2.75, 3.05) is 25.0 Å². The number of para-hydroxylation sites is 1. The first-order valence-electron chi connectivity index (χ1n) is 4.88. The van der Waals surface area contributed by atoms with Gasteiger partial charge in [0, 0.05) is 11.9 Å². The summed E-state index contributed by atoms with van der Waals surface area (Å²) >= 11 is 3.36. The Morgan fingerprint density at radius 2 is 1.93 bits per heavy atom. The average molecular weight is 258 g/mol. The highest BCUT2D eigenvalue weighted by atomic mass is 79.9. The van der Waals surface area contributed by atoms with E-state index in [2.05, 4.69) is 21.2 Å². The summed E-state index contributed by atoms with van der Waals surface area (Å²) in [6, 6.07) is 9.92. The maximum atomic E-state index is 5.53. The Kier molecular flexibility index (Phi) is 6.45. The summed E-state index contributed by atoms with van der Waals surface area (Å²) in [5.74, 6) is 0.952. The number of halogens is 1. The largest absolute Gasteiger partial charge is 0.494 e. The number of nitrogens with one attached hydrogen (secondary N) is 1. The maximum absolute atomic E-state index is 5.53. The SMILES string of the molecule is BrCCNCCCOc1ccccc1. The summed E-state index contributed by atoms with van der Waals surface area (Å²) < 4.78 is 5.53. The Labute approximate surface area is 93.8 Å². The molecule has 2 nitrogen and oxygen atoms in total. The molecule has 0 fully saturated rings. The molecular weight excluding hydrogens is 242 g/mol. The van der Waals surface area contributed by atoms with Gasteiger partial charge in [-0.2, -0.15) is 0 Å². The second-order valence-corrected chi connectivity index (χ2v) is 3.75. The second-order valence-electron chi connectivity index (χ2n) is 2.95. The fraction of sp³-hybridized carbons (Fsp3) is 0.455. The minimum atomic E-state index is 0.777. The van der Waals surface area contributed by atoms with Gasteiger partial charge < -0.3 is 10.1 Å². The van der Waals surface area contributed by atoms with Gasteiger partial charge in [-0.15, -0.1) is 0 Å². The highest BCUT2D eigenvalue weighted by Crippen LogP contribution is 2.07. The number of ether oxygens (including phenoxy) is 1. The lowest BCUT2D eigenvalue weighted by molar-refractivity contribution is 0.309. The zero-order valence-electron chi connectivity index (χ0n) is 8.21. The second kappa shape index (κ2) is 7.83. The Bertz CT molecular complexity index is 228. The Morgan fingerprint density at radius 3 is 2.64 bits per heavy atom. The Balaban J connectivity index is 1.99. The number of hydrogen-bond donors (Lipinski definition) is 1. The fourth-order valence-corrected chi connectivity index (χ4v) is 1.38. The molecule has 0 aromatic heterocycles. The van der Waals surface area contributed by atoms with Gasteiger partial charge in [-0.1, -0.05) is 34.1 Å². The topological polar surface area (TPSA) is 21.3 Å². The van der Waals surface area contributed by atoms with Gasteiger partial charge in [0.25, 0.3) is 0 Å². The molecule has 1 aromatic carbocycles. The third-order valence-electron chi connectivity index (χ3n) is 1.78. The molecule has 0 aliphatic carbocycles. The van der Waals surface area contributed by atoms with E-state index in [9.17, 15) is 0 Å². The van der Waals surface area contributed by atoms with Crippen LogP contribution in [0.2, 0.25) is 0 Å². The summed E-state index contributed by atoms with van der Waals surface area (Å²) in [7, 11) is 0. The van der Waals surface area contributed by atoms with Crippen LogP contribution in [0.4, 0.5) is 0 Å². The van der Waals surface area contributed by atoms with Crippen LogP contribution >= 0.6 is 15.9 Å². The van der Waals surface area contributed by atoms with Gasteiger partial charge >= 0.3 is 0 Å². The zero-order valence-corrected chi connectivity index (χ0v) is 9.79. The van der Waals surface area contributed by atoms with Gasteiger partial charge in [0.2, 0.25) is 0 Å². The summed E-state index contributed by atoms with van der Waals surface area (Å²) in [6.07, 6.45) is 1.04. The lowest BCUT2D eigenvalue weighted by Gasteiger charge is -2.05. The van der Waals surface area contributed by atoms with E-state index in [4.69, 9.17) is 4.74 Å². The summed E-state index contributed by atoms with van der Waals surface area (Å²) in [4.78, 5) is 0. The summed E-state index contributed by atoms with van der Waals surface area (Å²) in [5.41, 5.74) is 0. The lowest BCUT2D eigenvalue weighted by Crippen LogP contribution is -2.19. The van der Waals surface area contributed by atoms with Crippen LogP contribution < -0.4 is 10.1 Å². The van der Waals surface area contributed by atoms with Crippen LogP contribution in [-0.4, -0.2) is 25.0 Å². The molecule has 1 aromatic rings. The van der Waals surface area contributed by atoms with E-state index in [0.717, 1.165) is 37.2 Å². The highest BCUT2D eigenvalue weighted by Gasteiger charge is 1.91. The molecule has 0 unspecified atom stereocenters. The first kappa shape index (κ1) is 11.5. The number of alkyl halides is 1. The van der Waals surface area contributed by atoms with Gasteiger partial charge in [0.15, 0.2) is 0 Å². The molecule has 0 saturated carbocycles. The Morgan fingerprint density at radius 1 is 1.14 bits per heavy atom. The predicted octanol–water partition coefficient (Wildman–Crippen LogP) is 2.44. The zero-order chi connectivity index (χ0) is 10.1. The van der Waals surface area contributed by atoms with Crippen molar-refractivity contribution < 1.29 is 4.74 Å². The van der Waals surface area contributed by atoms with Crippen LogP contribution in [0, 0.1) is 0 Å². The average Bonchev–Trinajstić information content (AvgIpc) is 2.25. The normalized spacial score (nSPS) is 10.1.